The Hall–Kier alpha value is -1.57. The van der Waals surface area contributed by atoms with Crippen LogP contribution >= 0.6 is 0 Å². The van der Waals surface area contributed by atoms with E-state index in [1.165, 1.54) is 5.70 Å². The van der Waals surface area contributed by atoms with Crippen molar-refractivity contribution >= 4 is 12.0 Å². The molecule has 0 N–H and O–H groups in total. The van der Waals surface area contributed by atoms with Crippen molar-refractivity contribution in [2.45, 2.75) is 20.8 Å². The molecule has 0 spiro atoms. The SMILES string of the molecule is CC=C(c1cccc(C=O)c1)N(CC)CC. The lowest BCUT2D eigenvalue weighted by atomic mass is 10.1. The summed E-state index contributed by atoms with van der Waals surface area (Å²) in [7, 11) is 0. The third-order valence-electron chi connectivity index (χ3n) is 2.70. The van der Waals surface area contributed by atoms with Crippen molar-refractivity contribution in [1.29, 1.82) is 0 Å². The normalized spacial score (nSPS) is 11.3. The number of hydrogen-bond donors (Lipinski definition) is 0. The van der Waals surface area contributed by atoms with Gasteiger partial charge in [-0.05, 0) is 32.4 Å². The molecule has 0 bridgehead atoms. The van der Waals surface area contributed by atoms with Crippen LogP contribution in [0.4, 0.5) is 0 Å². The lowest BCUT2D eigenvalue weighted by Gasteiger charge is -2.24. The fraction of sp³-hybridized carbons (Fsp3) is 0.357. The van der Waals surface area contributed by atoms with Crippen LogP contribution in [0.25, 0.3) is 5.70 Å². The highest BCUT2D eigenvalue weighted by molar-refractivity contribution is 5.77. The number of benzene rings is 1. The monoisotopic (exact) mass is 217 g/mol. The first-order chi connectivity index (χ1) is 7.76. The van der Waals surface area contributed by atoms with E-state index in [-0.39, 0.29) is 0 Å². The Bertz CT molecular complexity index is 378. The molecule has 0 radical (unpaired) electrons. The molecule has 0 aliphatic rings. The lowest BCUT2D eigenvalue weighted by Crippen LogP contribution is -2.21. The van der Waals surface area contributed by atoms with Crippen LogP contribution in [-0.2, 0) is 0 Å². The van der Waals surface area contributed by atoms with Gasteiger partial charge in [-0.2, -0.15) is 0 Å². The Morgan fingerprint density at radius 1 is 1.31 bits per heavy atom. The van der Waals surface area contributed by atoms with Crippen molar-refractivity contribution in [3.63, 3.8) is 0 Å². The molecule has 0 saturated carbocycles. The number of aldehydes is 1. The molecule has 2 heteroatoms. The van der Waals surface area contributed by atoms with E-state index in [2.05, 4.69) is 24.8 Å². The molecule has 0 amide bonds. The van der Waals surface area contributed by atoms with Gasteiger partial charge in [-0.15, -0.1) is 0 Å². The van der Waals surface area contributed by atoms with Crippen molar-refractivity contribution in [3.05, 3.63) is 41.5 Å². The summed E-state index contributed by atoms with van der Waals surface area (Å²) >= 11 is 0. The van der Waals surface area contributed by atoms with Gasteiger partial charge in [-0.25, -0.2) is 0 Å². The molecule has 0 heterocycles. The van der Waals surface area contributed by atoms with Crippen LogP contribution in [0, 0.1) is 0 Å². The first kappa shape index (κ1) is 12.5. The minimum atomic E-state index is 0.726. The molecule has 0 atom stereocenters. The maximum atomic E-state index is 10.7. The molecule has 0 aromatic heterocycles. The second kappa shape index (κ2) is 6.11. The number of hydrogen-bond acceptors (Lipinski definition) is 2. The van der Waals surface area contributed by atoms with Gasteiger partial charge in [0.2, 0.25) is 0 Å². The van der Waals surface area contributed by atoms with Crippen LogP contribution in [0.3, 0.4) is 0 Å². The van der Waals surface area contributed by atoms with Gasteiger partial charge in [-0.3, -0.25) is 4.79 Å². The van der Waals surface area contributed by atoms with E-state index in [0.717, 1.165) is 30.5 Å². The number of allylic oxidation sites excluding steroid dienone is 1. The van der Waals surface area contributed by atoms with E-state index in [1.54, 1.807) is 0 Å². The van der Waals surface area contributed by atoms with Gasteiger partial charge in [0.1, 0.15) is 6.29 Å². The molecule has 16 heavy (non-hydrogen) atoms. The number of carbonyl (C=O) groups excluding carboxylic acids is 1. The van der Waals surface area contributed by atoms with Crippen molar-refractivity contribution in [2.75, 3.05) is 13.1 Å². The van der Waals surface area contributed by atoms with E-state index in [9.17, 15) is 4.79 Å². The summed E-state index contributed by atoms with van der Waals surface area (Å²) in [6.07, 6.45) is 2.98. The van der Waals surface area contributed by atoms with Crippen LogP contribution in [-0.4, -0.2) is 24.3 Å². The second-order valence-electron chi connectivity index (χ2n) is 3.59. The third-order valence-corrected chi connectivity index (χ3v) is 2.70. The molecule has 0 fully saturated rings. The molecule has 1 rings (SSSR count). The Morgan fingerprint density at radius 2 is 2.00 bits per heavy atom. The Balaban J connectivity index is 3.08. The summed E-state index contributed by atoms with van der Waals surface area (Å²) < 4.78 is 0. The number of rotatable bonds is 5. The molecule has 0 unspecified atom stereocenters. The number of carbonyl (C=O) groups is 1. The summed E-state index contributed by atoms with van der Waals surface area (Å²) in [5.74, 6) is 0. The highest BCUT2D eigenvalue weighted by atomic mass is 16.1. The molecule has 1 aromatic carbocycles. The standard InChI is InChI=1S/C14H19NO/c1-4-14(15(5-2)6-3)13-9-7-8-12(10-13)11-16/h4,7-11H,5-6H2,1-3H3. The quantitative estimate of drug-likeness (QED) is 0.706. The maximum Gasteiger partial charge on any atom is 0.150 e. The van der Waals surface area contributed by atoms with Gasteiger partial charge in [-0.1, -0.05) is 24.3 Å². The lowest BCUT2D eigenvalue weighted by molar-refractivity contribution is 0.112. The van der Waals surface area contributed by atoms with Crippen molar-refractivity contribution < 1.29 is 4.79 Å². The minimum absolute atomic E-state index is 0.726. The molecule has 86 valence electrons. The zero-order valence-electron chi connectivity index (χ0n) is 10.2. The van der Waals surface area contributed by atoms with Gasteiger partial charge in [0.25, 0.3) is 0 Å². The van der Waals surface area contributed by atoms with E-state index in [4.69, 9.17) is 0 Å². The summed E-state index contributed by atoms with van der Waals surface area (Å²) in [4.78, 5) is 13.0. The molecule has 0 saturated heterocycles. The maximum absolute atomic E-state index is 10.7. The van der Waals surface area contributed by atoms with Crippen molar-refractivity contribution in [2.24, 2.45) is 0 Å². The highest BCUT2D eigenvalue weighted by Crippen LogP contribution is 2.19. The molecule has 2 nitrogen and oxygen atoms in total. The third kappa shape index (κ3) is 2.72. The topological polar surface area (TPSA) is 20.3 Å². The average molecular weight is 217 g/mol. The first-order valence-corrected chi connectivity index (χ1v) is 5.73. The van der Waals surface area contributed by atoms with Gasteiger partial charge >= 0.3 is 0 Å². The van der Waals surface area contributed by atoms with Crippen molar-refractivity contribution in [3.8, 4) is 0 Å². The summed E-state index contributed by atoms with van der Waals surface area (Å²) in [6, 6.07) is 7.72. The second-order valence-corrected chi connectivity index (χ2v) is 3.59. The molecule has 1 aromatic rings. The molecule has 0 aliphatic carbocycles. The molecular formula is C14H19NO. The van der Waals surface area contributed by atoms with Gasteiger partial charge in [0.05, 0.1) is 0 Å². The molecular weight excluding hydrogens is 198 g/mol. The molecule has 0 aliphatic heterocycles. The van der Waals surface area contributed by atoms with Crippen LogP contribution in [0.1, 0.15) is 36.7 Å². The van der Waals surface area contributed by atoms with E-state index >= 15 is 0 Å². The average Bonchev–Trinajstić information content (AvgIpc) is 2.35. The van der Waals surface area contributed by atoms with E-state index in [1.807, 2.05) is 31.2 Å². The minimum Gasteiger partial charge on any atom is -0.372 e. The largest absolute Gasteiger partial charge is 0.372 e. The van der Waals surface area contributed by atoms with Gasteiger partial charge in [0.15, 0.2) is 0 Å². The zero-order valence-corrected chi connectivity index (χ0v) is 10.2. The summed E-state index contributed by atoms with van der Waals surface area (Å²) in [5, 5.41) is 0. The predicted octanol–water partition coefficient (Wildman–Crippen LogP) is 3.20. The Morgan fingerprint density at radius 3 is 2.50 bits per heavy atom. The van der Waals surface area contributed by atoms with Crippen LogP contribution < -0.4 is 0 Å². The first-order valence-electron chi connectivity index (χ1n) is 5.73. The Labute approximate surface area is 97.6 Å². The zero-order chi connectivity index (χ0) is 12.0. The van der Waals surface area contributed by atoms with Crippen LogP contribution in [0.15, 0.2) is 30.3 Å². The Kier molecular flexibility index (Phi) is 4.77. The number of nitrogens with zero attached hydrogens (tertiary/aromatic N) is 1. The van der Waals surface area contributed by atoms with Crippen LogP contribution in [0.2, 0.25) is 0 Å². The van der Waals surface area contributed by atoms with Gasteiger partial charge < -0.3 is 4.90 Å². The predicted molar refractivity (Wildman–Crippen MR) is 68.4 cm³/mol. The summed E-state index contributed by atoms with van der Waals surface area (Å²) in [6.45, 7) is 8.25. The van der Waals surface area contributed by atoms with E-state index < -0.39 is 0 Å². The summed E-state index contributed by atoms with van der Waals surface area (Å²) in [5.41, 5.74) is 3.02. The smallest absolute Gasteiger partial charge is 0.150 e. The fourth-order valence-electron chi connectivity index (χ4n) is 1.87. The highest BCUT2D eigenvalue weighted by Gasteiger charge is 2.07. The fourth-order valence-corrected chi connectivity index (χ4v) is 1.87. The van der Waals surface area contributed by atoms with Crippen LogP contribution in [0.5, 0.6) is 0 Å². The van der Waals surface area contributed by atoms with Gasteiger partial charge in [0, 0.05) is 24.4 Å². The van der Waals surface area contributed by atoms with Crippen molar-refractivity contribution in [1.82, 2.24) is 4.90 Å². The van der Waals surface area contributed by atoms with E-state index in [0.29, 0.717) is 0 Å².